The molecule has 0 radical (unpaired) electrons. The molecule has 34 heavy (non-hydrogen) atoms. The first-order chi connectivity index (χ1) is 16.7. The van der Waals surface area contributed by atoms with Gasteiger partial charge in [-0.2, -0.15) is 0 Å². The van der Waals surface area contributed by atoms with Gasteiger partial charge in [0.05, 0.1) is 18.0 Å². The van der Waals surface area contributed by atoms with E-state index in [0.29, 0.717) is 0 Å². The second kappa shape index (κ2) is 15.3. The van der Waals surface area contributed by atoms with Crippen molar-refractivity contribution in [2.24, 2.45) is 0 Å². The molecule has 2 aromatic heterocycles. The number of hydrogen-bond acceptors (Lipinski definition) is 3. The van der Waals surface area contributed by atoms with Gasteiger partial charge in [0.2, 0.25) is 0 Å². The van der Waals surface area contributed by atoms with Crippen LogP contribution in [-0.4, -0.2) is 16.6 Å². The van der Waals surface area contributed by atoms with Crippen LogP contribution in [0.4, 0.5) is 0 Å². The molecule has 178 valence electrons. The number of hydrogen-bond donors (Lipinski definition) is 0. The molecule has 0 spiro atoms. The molecule has 0 bridgehead atoms. The van der Waals surface area contributed by atoms with Gasteiger partial charge in [-0.05, 0) is 70.9 Å². The summed E-state index contributed by atoms with van der Waals surface area (Å²) in [6.45, 7) is 3.06. The normalized spacial score (nSPS) is 10.5. The molecule has 0 N–H and O–H groups in total. The van der Waals surface area contributed by atoms with Crippen molar-refractivity contribution in [3.8, 4) is 29.0 Å². The Morgan fingerprint density at radius 1 is 0.647 bits per heavy atom. The van der Waals surface area contributed by atoms with Gasteiger partial charge in [-0.1, -0.05) is 76.6 Å². The lowest BCUT2D eigenvalue weighted by Crippen LogP contribution is -1.97. The van der Waals surface area contributed by atoms with Gasteiger partial charge in [-0.25, -0.2) is 0 Å². The van der Waals surface area contributed by atoms with Crippen molar-refractivity contribution in [1.29, 1.82) is 0 Å². The first-order valence-corrected chi connectivity index (χ1v) is 13.4. The van der Waals surface area contributed by atoms with Crippen LogP contribution in [0.5, 0.6) is 5.75 Å². The minimum atomic E-state index is 0.784. The lowest BCUT2D eigenvalue weighted by atomic mass is 10.1. The number of benzene rings is 1. The van der Waals surface area contributed by atoms with E-state index < -0.39 is 0 Å². The second-order valence-corrected chi connectivity index (χ2v) is 9.51. The van der Waals surface area contributed by atoms with Gasteiger partial charge in [-0.15, -0.1) is 0 Å². The van der Waals surface area contributed by atoms with Gasteiger partial charge in [0, 0.05) is 28.0 Å². The highest BCUT2D eigenvalue weighted by atomic mass is 79.9. The lowest BCUT2D eigenvalue weighted by molar-refractivity contribution is 0.304. The molecule has 0 aliphatic heterocycles. The van der Waals surface area contributed by atoms with Crippen molar-refractivity contribution >= 4 is 15.9 Å². The molecular weight excluding hydrogens is 484 g/mol. The summed E-state index contributed by atoms with van der Waals surface area (Å²) in [5.41, 5.74) is 3.52. The van der Waals surface area contributed by atoms with Crippen LogP contribution >= 0.6 is 15.9 Å². The third-order valence-electron chi connectivity index (χ3n) is 5.73. The number of aromatic nitrogens is 2. The van der Waals surface area contributed by atoms with Gasteiger partial charge >= 0.3 is 0 Å². The zero-order valence-corrected chi connectivity index (χ0v) is 21.8. The zero-order chi connectivity index (χ0) is 23.8. The van der Waals surface area contributed by atoms with Gasteiger partial charge in [0.15, 0.2) is 0 Å². The molecule has 3 rings (SSSR count). The second-order valence-electron chi connectivity index (χ2n) is 8.60. The predicted molar refractivity (Wildman–Crippen MR) is 145 cm³/mol. The Morgan fingerprint density at radius 3 is 1.79 bits per heavy atom. The van der Waals surface area contributed by atoms with Crippen molar-refractivity contribution < 1.29 is 4.74 Å². The number of pyridine rings is 2. The zero-order valence-electron chi connectivity index (χ0n) is 20.2. The van der Waals surface area contributed by atoms with Gasteiger partial charge in [0.1, 0.15) is 5.75 Å². The fourth-order valence-corrected chi connectivity index (χ4v) is 3.94. The summed E-state index contributed by atoms with van der Waals surface area (Å²) in [7, 11) is 0. The van der Waals surface area contributed by atoms with Gasteiger partial charge in [-0.3, -0.25) is 9.97 Å². The van der Waals surface area contributed by atoms with E-state index in [0.717, 1.165) is 45.8 Å². The molecule has 0 atom stereocenters. The molecule has 0 amide bonds. The Morgan fingerprint density at radius 2 is 1.21 bits per heavy atom. The molecule has 0 fully saturated rings. The summed E-state index contributed by atoms with van der Waals surface area (Å²) < 4.78 is 6.84. The van der Waals surface area contributed by atoms with Crippen LogP contribution in [0.15, 0.2) is 65.4 Å². The predicted octanol–water partition coefficient (Wildman–Crippen LogP) is 8.61. The Balaban J connectivity index is 1.34. The van der Waals surface area contributed by atoms with Crippen molar-refractivity contribution in [3.05, 3.63) is 76.5 Å². The molecular formula is C30H35BrN2O. The molecule has 0 aliphatic carbocycles. The van der Waals surface area contributed by atoms with Crippen LogP contribution in [0, 0.1) is 11.8 Å². The molecule has 0 aliphatic rings. The fourth-order valence-electron chi connectivity index (χ4n) is 3.71. The van der Waals surface area contributed by atoms with Gasteiger partial charge < -0.3 is 4.74 Å². The van der Waals surface area contributed by atoms with Gasteiger partial charge in [0.25, 0.3) is 0 Å². The summed E-state index contributed by atoms with van der Waals surface area (Å²) >= 11 is 3.40. The van der Waals surface area contributed by atoms with E-state index in [9.17, 15) is 0 Å². The Labute approximate surface area is 213 Å². The maximum absolute atomic E-state index is 5.89. The maximum atomic E-state index is 5.89. The van der Waals surface area contributed by atoms with Crippen molar-refractivity contribution in [1.82, 2.24) is 9.97 Å². The number of rotatable bonds is 13. The Hall–Kier alpha value is -2.64. The lowest BCUT2D eigenvalue weighted by Gasteiger charge is -2.06. The first kappa shape index (κ1) is 26.0. The Bertz CT molecular complexity index is 1020. The van der Waals surface area contributed by atoms with E-state index in [-0.39, 0.29) is 0 Å². The molecule has 3 nitrogen and oxygen atoms in total. The third kappa shape index (κ3) is 9.69. The summed E-state index contributed by atoms with van der Waals surface area (Å²) in [4.78, 5) is 8.86. The summed E-state index contributed by atoms with van der Waals surface area (Å²) in [5, 5.41) is 0. The van der Waals surface area contributed by atoms with Crippen molar-refractivity contribution in [3.63, 3.8) is 0 Å². The van der Waals surface area contributed by atoms with E-state index in [1.165, 1.54) is 57.8 Å². The standard InChI is InChI=1S/C30H35BrN2O/c1-2-3-4-5-6-7-8-9-10-11-22-34-28-18-14-25(15-19-28)12-13-26-16-20-29(32-23-26)30-21-17-27(31)24-33-30/h14-21,23-24H,2-11,22H2,1H3. The van der Waals surface area contributed by atoms with Crippen molar-refractivity contribution in [2.75, 3.05) is 6.61 Å². The molecule has 0 saturated heterocycles. The minimum Gasteiger partial charge on any atom is -0.494 e. The summed E-state index contributed by atoms with van der Waals surface area (Å²) in [6.07, 6.45) is 16.9. The maximum Gasteiger partial charge on any atom is 0.119 e. The largest absolute Gasteiger partial charge is 0.494 e. The van der Waals surface area contributed by atoms with E-state index in [1.54, 1.807) is 12.4 Å². The smallest absolute Gasteiger partial charge is 0.119 e. The van der Waals surface area contributed by atoms with Crippen LogP contribution < -0.4 is 4.74 Å². The molecule has 0 saturated carbocycles. The SMILES string of the molecule is CCCCCCCCCCCCOc1ccc(C#Cc2ccc(-c3ccc(Br)cn3)nc2)cc1. The van der Waals surface area contributed by atoms with Crippen LogP contribution in [0.1, 0.15) is 82.3 Å². The molecule has 3 aromatic rings. The Kier molecular flexibility index (Phi) is 11.7. The topological polar surface area (TPSA) is 35.0 Å². The van der Waals surface area contributed by atoms with Crippen LogP contribution in [0.2, 0.25) is 0 Å². The highest BCUT2D eigenvalue weighted by Gasteiger charge is 2.01. The summed E-state index contributed by atoms with van der Waals surface area (Å²) in [6, 6.07) is 15.8. The minimum absolute atomic E-state index is 0.784. The van der Waals surface area contributed by atoms with E-state index in [4.69, 9.17) is 4.74 Å². The first-order valence-electron chi connectivity index (χ1n) is 12.6. The van der Waals surface area contributed by atoms with Crippen LogP contribution in [-0.2, 0) is 0 Å². The van der Waals surface area contributed by atoms with E-state index in [2.05, 4.69) is 44.7 Å². The molecule has 4 heteroatoms. The third-order valence-corrected chi connectivity index (χ3v) is 6.19. The van der Waals surface area contributed by atoms with Crippen LogP contribution in [0.25, 0.3) is 11.4 Å². The molecule has 1 aromatic carbocycles. The quantitative estimate of drug-likeness (QED) is 0.168. The molecule has 2 heterocycles. The molecule has 0 unspecified atom stereocenters. The number of ether oxygens (including phenoxy) is 1. The highest BCUT2D eigenvalue weighted by molar-refractivity contribution is 9.10. The monoisotopic (exact) mass is 518 g/mol. The van der Waals surface area contributed by atoms with E-state index in [1.807, 2.05) is 48.5 Å². The number of halogens is 1. The number of nitrogens with zero attached hydrogens (tertiary/aromatic N) is 2. The fraction of sp³-hybridized carbons (Fsp3) is 0.400. The van der Waals surface area contributed by atoms with E-state index >= 15 is 0 Å². The average molecular weight is 520 g/mol. The number of unbranched alkanes of at least 4 members (excludes halogenated alkanes) is 9. The van der Waals surface area contributed by atoms with Crippen LogP contribution in [0.3, 0.4) is 0 Å². The summed E-state index contributed by atoms with van der Waals surface area (Å²) in [5.74, 6) is 7.29. The highest BCUT2D eigenvalue weighted by Crippen LogP contribution is 2.17. The average Bonchev–Trinajstić information content (AvgIpc) is 2.87. The van der Waals surface area contributed by atoms with Crippen molar-refractivity contribution in [2.45, 2.75) is 71.1 Å².